The van der Waals surface area contributed by atoms with E-state index in [1.165, 1.54) is 12.1 Å². The summed E-state index contributed by atoms with van der Waals surface area (Å²) in [6, 6.07) is 2.91. The van der Waals surface area contributed by atoms with Crippen LogP contribution in [0, 0.1) is 5.92 Å². The number of rotatable bonds is 7. The summed E-state index contributed by atoms with van der Waals surface area (Å²) in [5.41, 5.74) is -0.0962. The molecule has 6 nitrogen and oxygen atoms in total. The largest absolute Gasteiger partial charge is 0.476 e. The zero-order valence-electron chi connectivity index (χ0n) is 10.6. The summed E-state index contributed by atoms with van der Waals surface area (Å²) in [7, 11) is 0. The summed E-state index contributed by atoms with van der Waals surface area (Å²) in [6.07, 6.45) is 1.40. The van der Waals surface area contributed by atoms with Gasteiger partial charge in [-0.1, -0.05) is 26.7 Å². The molecule has 0 saturated carbocycles. The van der Waals surface area contributed by atoms with Crippen LogP contribution in [0.25, 0.3) is 0 Å². The van der Waals surface area contributed by atoms with E-state index in [9.17, 15) is 9.90 Å². The number of nitrogens with one attached hydrogen (secondary N) is 1. The molecule has 1 unspecified atom stereocenters. The maximum Gasteiger partial charge on any atom is 0.356 e. The molecule has 6 heteroatoms. The number of carboxylic acid groups (broad SMARTS) is 1. The fourth-order valence-corrected chi connectivity index (χ4v) is 1.75. The van der Waals surface area contributed by atoms with Gasteiger partial charge >= 0.3 is 5.97 Å². The number of aromatic nitrogens is 2. The summed E-state index contributed by atoms with van der Waals surface area (Å²) < 4.78 is 0. The van der Waals surface area contributed by atoms with Crippen molar-refractivity contribution in [3.05, 3.63) is 17.8 Å². The molecule has 0 fully saturated rings. The number of aliphatic hydroxyl groups excluding tert-OH is 1. The molecule has 1 heterocycles. The number of anilines is 1. The maximum absolute atomic E-state index is 10.6. The average molecular weight is 253 g/mol. The van der Waals surface area contributed by atoms with Gasteiger partial charge in [-0.25, -0.2) is 4.79 Å². The molecule has 3 N–H and O–H groups in total. The average Bonchev–Trinajstić information content (AvgIpc) is 2.38. The number of hydrogen-bond donors (Lipinski definition) is 3. The molecule has 18 heavy (non-hydrogen) atoms. The summed E-state index contributed by atoms with van der Waals surface area (Å²) >= 11 is 0. The molecule has 1 atom stereocenters. The minimum atomic E-state index is -1.11. The Morgan fingerprint density at radius 1 is 1.33 bits per heavy atom. The second-order valence-corrected chi connectivity index (χ2v) is 4.13. The highest BCUT2D eigenvalue weighted by atomic mass is 16.4. The van der Waals surface area contributed by atoms with Gasteiger partial charge in [-0.15, -0.1) is 10.2 Å². The van der Waals surface area contributed by atoms with Crippen molar-refractivity contribution >= 4 is 11.8 Å². The summed E-state index contributed by atoms with van der Waals surface area (Å²) in [5, 5.41) is 28.8. The molecule has 0 aliphatic heterocycles. The van der Waals surface area contributed by atoms with E-state index in [2.05, 4.69) is 15.5 Å². The molecule has 100 valence electrons. The van der Waals surface area contributed by atoms with Gasteiger partial charge in [-0.3, -0.25) is 0 Å². The lowest BCUT2D eigenvalue weighted by atomic mass is 9.97. The first-order chi connectivity index (χ1) is 8.58. The van der Waals surface area contributed by atoms with Crippen LogP contribution in [-0.4, -0.2) is 39.0 Å². The lowest BCUT2D eigenvalue weighted by Crippen LogP contribution is -2.28. The minimum Gasteiger partial charge on any atom is -0.476 e. The quantitative estimate of drug-likeness (QED) is 0.679. The van der Waals surface area contributed by atoms with Crippen LogP contribution in [0.4, 0.5) is 5.82 Å². The van der Waals surface area contributed by atoms with Gasteiger partial charge in [0.15, 0.2) is 5.69 Å². The molecule has 1 rings (SSSR count). The summed E-state index contributed by atoms with van der Waals surface area (Å²) in [5.74, 6) is -0.389. The third-order valence-corrected chi connectivity index (χ3v) is 2.97. The Kier molecular flexibility index (Phi) is 5.51. The topological polar surface area (TPSA) is 95.3 Å². The van der Waals surface area contributed by atoms with Crippen LogP contribution in [-0.2, 0) is 0 Å². The van der Waals surface area contributed by atoms with Crippen molar-refractivity contribution in [3.8, 4) is 0 Å². The smallest absolute Gasteiger partial charge is 0.356 e. The first-order valence-electron chi connectivity index (χ1n) is 6.07. The number of nitrogens with zero attached hydrogens (tertiary/aromatic N) is 2. The van der Waals surface area contributed by atoms with Crippen molar-refractivity contribution in [2.45, 2.75) is 32.8 Å². The van der Waals surface area contributed by atoms with Crippen LogP contribution in [0.5, 0.6) is 0 Å². The summed E-state index contributed by atoms with van der Waals surface area (Å²) in [6.45, 7) is 4.46. The van der Waals surface area contributed by atoms with E-state index in [-0.39, 0.29) is 11.6 Å². The van der Waals surface area contributed by atoms with Crippen molar-refractivity contribution in [1.29, 1.82) is 0 Å². The SMILES string of the molecule is CCC(CC)C(O)CNc1ccc(C(=O)O)nn1. The standard InChI is InChI=1S/C12H19N3O3/c1-3-8(4-2)10(16)7-13-11-6-5-9(12(17)18)14-15-11/h5-6,8,10,16H,3-4,7H2,1-2H3,(H,13,15)(H,17,18). The van der Waals surface area contributed by atoms with Crippen molar-refractivity contribution in [1.82, 2.24) is 10.2 Å². The van der Waals surface area contributed by atoms with Crippen LogP contribution in [0.15, 0.2) is 12.1 Å². The van der Waals surface area contributed by atoms with E-state index >= 15 is 0 Å². The predicted octanol–water partition coefficient (Wildman–Crippen LogP) is 1.38. The number of hydrogen-bond acceptors (Lipinski definition) is 5. The molecule has 0 aliphatic carbocycles. The van der Waals surface area contributed by atoms with Crippen LogP contribution in [0.1, 0.15) is 37.2 Å². The third-order valence-electron chi connectivity index (χ3n) is 2.97. The third kappa shape index (κ3) is 3.96. The molecule has 0 spiro atoms. The van der Waals surface area contributed by atoms with Gasteiger partial charge in [0.25, 0.3) is 0 Å². The zero-order valence-corrected chi connectivity index (χ0v) is 10.6. The van der Waals surface area contributed by atoms with Gasteiger partial charge < -0.3 is 15.5 Å². The van der Waals surface area contributed by atoms with Gasteiger partial charge in [0, 0.05) is 6.54 Å². The number of carbonyl (C=O) groups is 1. The Bertz CT molecular complexity index is 377. The highest BCUT2D eigenvalue weighted by Gasteiger charge is 2.15. The molecule has 1 aromatic heterocycles. The Morgan fingerprint density at radius 3 is 2.44 bits per heavy atom. The van der Waals surface area contributed by atoms with Crippen molar-refractivity contribution in [3.63, 3.8) is 0 Å². The molecule has 0 radical (unpaired) electrons. The maximum atomic E-state index is 10.6. The molecular formula is C12H19N3O3. The van der Waals surface area contributed by atoms with Gasteiger partial charge in [-0.05, 0) is 18.1 Å². The Hall–Kier alpha value is -1.69. The van der Waals surface area contributed by atoms with Gasteiger partial charge in [-0.2, -0.15) is 0 Å². The van der Waals surface area contributed by atoms with E-state index < -0.39 is 12.1 Å². The zero-order chi connectivity index (χ0) is 13.5. The van der Waals surface area contributed by atoms with Crippen LogP contribution >= 0.6 is 0 Å². The van der Waals surface area contributed by atoms with E-state index in [4.69, 9.17) is 5.11 Å². The monoisotopic (exact) mass is 253 g/mol. The highest BCUT2D eigenvalue weighted by Crippen LogP contribution is 2.13. The van der Waals surface area contributed by atoms with Gasteiger partial charge in [0.1, 0.15) is 5.82 Å². The highest BCUT2D eigenvalue weighted by molar-refractivity contribution is 5.85. The number of aromatic carboxylic acids is 1. The lowest BCUT2D eigenvalue weighted by Gasteiger charge is -2.20. The fraction of sp³-hybridized carbons (Fsp3) is 0.583. The normalized spacial score (nSPS) is 12.4. The molecule has 0 amide bonds. The lowest BCUT2D eigenvalue weighted by molar-refractivity contribution is 0.0689. The summed E-state index contributed by atoms with van der Waals surface area (Å²) in [4.78, 5) is 10.6. The molecule has 0 bridgehead atoms. The minimum absolute atomic E-state index is 0.0962. The van der Waals surface area contributed by atoms with Crippen LogP contribution < -0.4 is 5.32 Å². The molecule has 0 aliphatic rings. The van der Waals surface area contributed by atoms with Crippen LogP contribution in [0.3, 0.4) is 0 Å². The van der Waals surface area contributed by atoms with E-state index in [1.54, 1.807) is 0 Å². The fourth-order valence-electron chi connectivity index (χ4n) is 1.75. The second-order valence-electron chi connectivity index (χ2n) is 4.13. The van der Waals surface area contributed by atoms with E-state index in [1.807, 2.05) is 13.8 Å². The first-order valence-corrected chi connectivity index (χ1v) is 6.07. The number of aliphatic hydroxyl groups is 1. The van der Waals surface area contributed by atoms with Gasteiger partial charge in [0.2, 0.25) is 0 Å². The van der Waals surface area contributed by atoms with Crippen molar-refractivity contribution in [2.75, 3.05) is 11.9 Å². The van der Waals surface area contributed by atoms with E-state index in [0.717, 1.165) is 12.8 Å². The van der Waals surface area contributed by atoms with Crippen molar-refractivity contribution in [2.24, 2.45) is 5.92 Å². The molecule has 1 aromatic rings. The second kappa shape index (κ2) is 6.90. The Morgan fingerprint density at radius 2 is 2.00 bits per heavy atom. The number of carboxylic acids is 1. The van der Waals surface area contributed by atoms with Crippen molar-refractivity contribution < 1.29 is 15.0 Å². The molecule has 0 aromatic carbocycles. The predicted molar refractivity (Wildman–Crippen MR) is 67.6 cm³/mol. The first kappa shape index (κ1) is 14.4. The Labute approximate surface area is 106 Å². The molecule has 0 saturated heterocycles. The van der Waals surface area contributed by atoms with Crippen LogP contribution in [0.2, 0.25) is 0 Å². The van der Waals surface area contributed by atoms with Gasteiger partial charge in [0.05, 0.1) is 6.10 Å². The molecular weight excluding hydrogens is 234 g/mol. The Balaban J connectivity index is 2.50. The van der Waals surface area contributed by atoms with E-state index in [0.29, 0.717) is 12.4 Å².